The molecule has 0 saturated carbocycles. The first-order chi connectivity index (χ1) is 14.3. The van der Waals surface area contributed by atoms with Crippen LogP contribution in [-0.4, -0.2) is 33.0 Å². The average molecular weight is 406 g/mol. The molecule has 3 aromatic rings. The molecule has 1 aliphatic heterocycles. The van der Waals surface area contributed by atoms with E-state index < -0.39 is 11.7 Å². The van der Waals surface area contributed by atoms with E-state index in [1.54, 1.807) is 22.6 Å². The van der Waals surface area contributed by atoms with Gasteiger partial charge in [0, 0.05) is 12.1 Å². The van der Waals surface area contributed by atoms with Crippen molar-refractivity contribution in [3.05, 3.63) is 76.2 Å². The molecule has 2 heterocycles. The minimum atomic E-state index is -0.638. The predicted molar refractivity (Wildman–Crippen MR) is 111 cm³/mol. The molecule has 0 bridgehead atoms. The van der Waals surface area contributed by atoms with Crippen LogP contribution in [-0.2, 0) is 24.3 Å². The predicted octanol–water partition coefficient (Wildman–Crippen LogP) is 2.99. The van der Waals surface area contributed by atoms with Crippen molar-refractivity contribution in [1.82, 2.24) is 14.7 Å². The van der Waals surface area contributed by atoms with Gasteiger partial charge < -0.3 is 10.6 Å². The Labute approximate surface area is 174 Å². The number of aryl methyl sites for hydroxylation is 2. The van der Waals surface area contributed by atoms with E-state index in [0.717, 1.165) is 16.7 Å². The number of nitrogens with zero attached hydrogens (tertiary/aromatic N) is 3. The Hall–Kier alpha value is -3.48. The molecule has 154 valence electrons. The lowest BCUT2D eigenvalue weighted by Gasteiger charge is -2.28. The Morgan fingerprint density at radius 2 is 1.80 bits per heavy atom. The third-order valence-corrected chi connectivity index (χ3v) is 5.37. The second-order valence-electron chi connectivity index (χ2n) is 7.75. The highest BCUT2D eigenvalue weighted by Crippen LogP contribution is 2.29. The fourth-order valence-electron chi connectivity index (χ4n) is 3.86. The molecule has 4 rings (SSSR count). The highest BCUT2D eigenvalue weighted by Gasteiger charge is 2.29. The lowest BCUT2D eigenvalue weighted by Crippen LogP contribution is -2.40. The molecule has 30 heavy (non-hydrogen) atoms. The van der Waals surface area contributed by atoms with Gasteiger partial charge in [0.2, 0.25) is 5.91 Å². The van der Waals surface area contributed by atoms with Crippen LogP contribution in [0.15, 0.2) is 42.5 Å². The van der Waals surface area contributed by atoms with Crippen molar-refractivity contribution in [2.75, 3.05) is 6.54 Å². The lowest BCUT2D eigenvalue weighted by molar-refractivity contribution is -0.132. The van der Waals surface area contributed by atoms with E-state index in [9.17, 15) is 14.0 Å². The van der Waals surface area contributed by atoms with Crippen molar-refractivity contribution in [3.63, 3.8) is 0 Å². The maximum absolute atomic E-state index is 13.9. The third-order valence-electron chi connectivity index (χ3n) is 5.37. The van der Waals surface area contributed by atoms with Crippen LogP contribution in [0.25, 0.3) is 11.3 Å². The second-order valence-corrected chi connectivity index (χ2v) is 7.75. The number of benzene rings is 2. The summed E-state index contributed by atoms with van der Waals surface area (Å²) in [5.74, 6) is -1.06. The smallest absolute Gasteiger partial charge is 0.252 e. The van der Waals surface area contributed by atoms with Gasteiger partial charge in [0.1, 0.15) is 11.5 Å². The molecule has 2 amide bonds. The van der Waals surface area contributed by atoms with Gasteiger partial charge in [-0.1, -0.05) is 29.8 Å². The molecule has 7 heteroatoms. The van der Waals surface area contributed by atoms with E-state index in [0.29, 0.717) is 30.0 Å². The molecule has 1 aromatic heterocycles. The molecule has 0 radical (unpaired) electrons. The number of fused-ring (bicyclic) bond motifs is 1. The monoisotopic (exact) mass is 406 g/mol. The summed E-state index contributed by atoms with van der Waals surface area (Å²) in [7, 11) is 0. The fourth-order valence-corrected chi connectivity index (χ4v) is 3.86. The quantitative estimate of drug-likeness (QED) is 0.723. The van der Waals surface area contributed by atoms with Crippen LogP contribution in [0.5, 0.6) is 0 Å². The fraction of sp³-hybridized carbons (Fsp3) is 0.261. The van der Waals surface area contributed by atoms with Crippen LogP contribution in [0.4, 0.5) is 4.39 Å². The van der Waals surface area contributed by atoms with Crippen LogP contribution < -0.4 is 5.73 Å². The highest BCUT2D eigenvalue weighted by atomic mass is 19.1. The molecule has 0 atom stereocenters. The lowest BCUT2D eigenvalue weighted by atomic mass is 10.0. The van der Waals surface area contributed by atoms with Crippen LogP contribution in [0.3, 0.4) is 0 Å². The van der Waals surface area contributed by atoms with Crippen LogP contribution in [0.1, 0.15) is 32.7 Å². The van der Waals surface area contributed by atoms with E-state index in [-0.39, 0.29) is 24.4 Å². The summed E-state index contributed by atoms with van der Waals surface area (Å²) in [6.45, 7) is 4.95. The average Bonchev–Trinajstić information content (AvgIpc) is 3.08. The number of rotatable bonds is 4. The van der Waals surface area contributed by atoms with Crippen molar-refractivity contribution in [3.8, 4) is 11.3 Å². The van der Waals surface area contributed by atoms with Gasteiger partial charge >= 0.3 is 0 Å². The Morgan fingerprint density at radius 1 is 1.07 bits per heavy atom. The molecule has 6 nitrogen and oxygen atoms in total. The number of halogens is 1. The number of amides is 2. The van der Waals surface area contributed by atoms with E-state index in [1.165, 1.54) is 12.1 Å². The van der Waals surface area contributed by atoms with E-state index in [4.69, 9.17) is 5.73 Å². The summed E-state index contributed by atoms with van der Waals surface area (Å²) >= 11 is 0. The molecule has 1 aliphatic rings. The van der Waals surface area contributed by atoms with Crippen molar-refractivity contribution in [2.24, 2.45) is 5.73 Å². The Bertz CT molecular complexity index is 1110. The van der Waals surface area contributed by atoms with E-state index in [2.05, 4.69) is 5.10 Å². The maximum atomic E-state index is 13.9. The van der Waals surface area contributed by atoms with Gasteiger partial charge in [-0.25, -0.2) is 4.39 Å². The molecule has 0 saturated heterocycles. The number of nitrogens with two attached hydrogens (primary N) is 1. The zero-order valence-electron chi connectivity index (χ0n) is 17.0. The van der Waals surface area contributed by atoms with E-state index >= 15 is 0 Å². The Morgan fingerprint density at radius 3 is 2.47 bits per heavy atom. The summed E-state index contributed by atoms with van der Waals surface area (Å²) in [6.07, 6.45) is 0.288. The number of aromatic nitrogens is 2. The summed E-state index contributed by atoms with van der Waals surface area (Å²) in [5.41, 5.74) is 10.2. The number of primary amides is 1. The first kappa shape index (κ1) is 19.8. The zero-order valence-corrected chi connectivity index (χ0v) is 17.0. The SMILES string of the molecule is Cc1ccc(CC(=O)N2CCn3nc(-c4cc(C)cc(F)c4)c(C(N)=O)c3C2)cc1. The van der Waals surface area contributed by atoms with Gasteiger partial charge in [0.15, 0.2) is 0 Å². The normalized spacial score (nSPS) is 13.2. The maximum Gasteiger partial charge on any atom is 0.252 e. The molecule has 0 fully saturated rings. The first-order valence-corrected chi connectivity index (χ1v) is 9.82. The molecule has 0 aliphatic carbocycles. The topological polar surface area (TPSA) is 81.2 Å². The van der Waals surface area contributed by atoms with Crippen LogP contribution in [0.2, 0.25) is 0 Å². The number of hydrogen-bond donors (Lipinski definition) is 1. The summed E-state index contributed by atoms with van der Waals surface area (Å²) in [4.78, 5) is 26.8. The number of carbonyl (C=O) groups is 2. The largest absolute Gasteiger partial charge is 0.365 e. The van der Waals surface area contributed by atoms with Crippen LogP contribution in [0, 0.1) is 19.7 Å². The van der Waals surface area contributed by atoms with Crippen molar-refractivity contribution >= 4 is 11.8 Å². The molecule has 0 unspecified atom stereocenters. The molecule has 0 spiro atoms. The Balaban J connectivity index is 1.64. The van der Waals surface area contributed by atoms with Gasteiger partial charge in [-0.05, 0) is 43.2 Å². The van der Waals surface area contributed by atoms with Crippen molar-refractivity contribution < 1.29 is 14.0 Å². The molecule has 2 aromatic carbocycles. The molecule has 2 N–H and O–H groups in total. The highest BCUT2D eigenvalue weighted by molar-refractivity contribution is 6.00. The summed E-state index contributed by atoms with van der Waals surface area (Å²) in [6, 6.07) is 12.4. The van der Waals surface area contributed by atoms with E-state index in [1.807, 2.05) is 31.2 Å². The summed E-state index contributed by atoms with van der Waals surface area (Å²) in [5, 5.41) is 4.52. The minimum Gasteiger partial charge on any atom is -0.365 e. The number of hydrogen-bond acceptors (Lipinski definition) is 3. The number of carbonyl (C=O) groups excluding carboxylic acids is 2. The van der Waals surface area contributed by atoms with Gasteiger partial charge in [0.05, 0.1) is 30.8 Å². The van der Waals surface area contributed by atoms with Crippen molar-refractivity contribution in [2.45, 2.75) is 33.4 Å². The standard InChI is InChI=1S/C23H23FN4O2/c1-14-3-5-16(6-4-14)11-20(29)27-7-8-28-19(13-27)21(23(25)30)22(26-28)17-9-15(2)10-18(24)12-17/h3-6,9-10,12H,7-8,11,13H2,1-2H3,(H2,25,30). The second kappa shape index (κ2) is 7.74. The van der Waals surface area contributed by atoms with Gasteiger partial charge in [-0.2, -0.15) is 5.10 Å². The minimum absolute atomic E-state index is 0.0233. The van der Waals surface area contributed by atoms with Crippen LogP contribution >= 0.6 is 0 Å². The Kier molecular flexibility index (Phi) is 5.11. The third kappa shape index (κ3) is 3.83. The first-order valence-electron chi connectivity index (χ1n) is 9.82. The van der Waals surface area contributed by atoms with Crippen molar-refractivity contribution in [1.29, 1.82) is 0 Å². The van der Waals surface area contributed by atoms with Gasteiger partial charge in [0.25, 0.3) is 5.91 Å². The summed E-state index contributed by atoms with van der Waals surface area (Å²) < 4.78 is 15.6. The molecular weight excluding hydrogens is 383 g/mol. The zero-order chi connectivity index (χ0) is 21.4. The molecular formula is C23H23FN4O2. The van der Waals surface area contributed by atoms with Gasteiger partial charge in [-0.3, -0.25) is 14.3 Å². The van der Waals surface area contributed by atoms with Gasteiger partial charge in [-0.15, -0.1) is 0 Å².